The number of aryl methyl sites for hydroxylation is 1. The van der Waals surface area contributed by atoms with E-state index in [1.54, 1.807) is 18.4 Å². The van der Waals surface area contributed by atoms with Gasteiger partial charge in [0.15, 0.2) is 5.96 Å². The summed E-state index contributed by atoms with van der Waals surface area (Å²) >= 11 is 5.27. The van der Waals surface area contributed by atoms with Crippen LogP contribution in [0.15, 0.2) is 39.9 Å². The molecule has 0 bridgehead atoms. The zero-order valence-corrected chi connectivity index (χ0v) is 14.8. The lowest BCUT2D eigenvalue weighted by Crippen LogP contribution is -2.38. The first-order chi connectivity index (χ1) is 10.1. The second-order valence-electron chi connectivity index (χ2n) is 4.68. The molecule has 0 fully saturated rings. The van der Waals surface area contributed by atoms with Crippen LogP contribution in [0.5, 0.6) is 0 Å². The van der Waals surface area contributed by atoms with Crippen molar-refractivity contribution in [2.45, 2.75) is 26.4 Å². The number of nitrogens with one attached hydrogen (secondary N) is 2. The van der Waals surface area contributed by atoms with Gasteiger partial charge >= 0.3 is 0 Å². The molecule has 2 rings (SSSR count). The third-order valence-electron chi connectivity index (χ3n) is 3.02. The van der Waals surface area contributed by atoms with Gasteiger partial charge in [0, 0.05) is 22.6 Å². The highest BCUT2D eigenvalue weighted by Gasteiger charge is 2.10. The molecule has 4 nitrogen and oxygen atoms in total. The van der Waals surface area contributed by atoms with E-state index in [1.807, 2.05) is 24.4 Å². The SMILES string of the molecule is CN=C(NCc1ncc(C)s1)NC(C)c1ccccc1Br. The van der Waals surface area contributed by atoms with Gasteiger partial charge in [-0.15, -0.1) is 11.3 Å². The highest BCUT2D eigenvalue weighted by molar-refractivity contribution is 9.10. The molecule has 1 unspecified atom stereocenters. The van der Waals surface area contributed by atoms with Crippen LogP contribution in [0, 0.1) is 6.92 Å². The zero-order chi connectivity index (χ0) is 15.2. The maximum absolute atomic E-state index is 4.34. The number of rotatable bonds is 4. The summed E-state index contributed by atoms with van der Waals surface area (Å²) in [6.07, 6.45) is 1.89. The maximum atomic E-state index is 4.34. The number of aliphatic imine (C=N–C) groups is 1. The Bertz CT molecular complexity index is 624. The minimum Gasteiger partial charge on any atom is -0.350 e. The van der Waals surface area contributed by atoms with Crippen molar-refractivity contribution in [3.8, 4) is 0 Å². The maximum Gasteiger partial charge on any atom is 0.191 e. The summed E-state index contributed by atoms with van der Waals surface area (Å²) in [5, 5.41) is 7.74. The van der Waals surface area contributed by atoms with Crippen molar-refractivity contribution in [3.63, 3.8) is 0 Å². The summed E-state index contributed by atoms with van der Waals surface area (Å²) in [4.78, 5) is 9.82. The van der Waals surface area contributed by atoms with Crippen LogP contribution in [0.25, 0.3) is 0 Å². The minimum atomic E-state index is 0.157. The molecule has 2 N–H and O–H groups in total. The van der Waals surface area contributed by atoms with Crippen molar-refractivity contribution in [1.29, 1.82) is 0 Å². The molecule has 0 saturated carbocycles. The number of benzene rings is 1. The van der Waals surface area contributed by atoms with Crippen LogP contribution in [0.1, 0.15) is 28.4 Å². The van der Waals surface area contributed by atoms with Gasteiger partial charge in [-0.05, 0) is 25.5 Å². The van der Waals surface area contributed by atoms with Gasteiger partial charge in [0.05, 0.1) is 12.6 Å². The van der Waals surface area contributed by atoms with E-state index in [4.69, 9.17) is 0 Å². The summed E-state index contributed by atoms with van der Waals surface area (Å²) in [6.45, 7) is 4.85. The molecule has 0 amide bonds. The first kappa shape index (κ1) is 16.0. The Morgan fingerprint density at radius 1 is 1.43 bits per heavy atom. The van der Waals surface area contributed by atoms with E-state index in [-0.39, 0.29) is 6.04 Å². The van der Waals surface area contributed by atoms with Gasteiger partial charge in [0.25, 0.3) is 0 Å². The zero-order valence-electron chi connectivity index (χ0n) is 12.4. The van der Waals surface area contributed by atoms with Gasteiger partial charge in [-0.25, -0.2) is 4.98 Å². The molecule has 0 aliphatic heterocycles. The molecule has 1 aromatic heterocycles. The van der Waals surface area contributed by atoms with Crippen LogP contribution >= 0.6 is 27.3 Å². The fraction of sp³-hybridized carbons (Fsp3) is 0.333. The number of nitrogens with zero attached hydrogens (tertiary/aromatic N) is 2. The van der Waals surface area contributed by atoms with E-state index >= 15 is 0 Å². The molecule has 112 valence electrons. The third kappa shape index (κ3) is 4.54. The van der Waals surface area contributed by atoms with Gasteiger partial charge in [0.2, 0.25) is 0 Å². The quantitative estimate of drug-likeness (QED) is 0.641. The predicted molar refractivity (Wildman–Crippen MR) is 92.7 cm³/mol. The summed E-state index contributed by atoms with van der Waals surface area (Å²) < 4.78 is 1.09. The number of hydrogen-bond donors (Lipinski definition) is 2. The molecule has 1 heterocycles. The second-order valence-corrected chi connectivity index (χ2v) is 6.85. The van der Waals surface area contributed by atoms with Crippen LogP contribution in [0.4, 0.5) is 0 Å². The first-order valence-corrected chi connectivity index (χ1v) is 8.34. The van der Waals surface area contributed by atoms with E-state index in [0.717, 1.165) is 15.4 Å². The Hall–Kier alpha value is -1.40. The van der Waals surface area contributed by atoms with Gasteiger partial charge < -0.3 is 10.6 Å². The molecule has 1 aromatic carbocycles. The molecule has 0 saturated heterocycles. The Morgan fingerprint density at radius 2 is 2.19 bits per heavy atom. The average molecular weight is 367 g/mol. The van der Waals surface area contributed by atoms with Crippen molar-refractivity contribution in [2.24, 2.45) is 4.99 Å². The molecule has 21 heavy (non-hydrogen) atoms. The van der Waals surface area contributed by atoms with E-state index in [0.29, 0.717) is 6.54 Å². The molecule has 0 aliphatic carbocycles. The van der Waals surface area contributed by atoms with E-state index in [1.165, 1.54) is 10.4 Å². The van der Waals surface area contributed by atoms with Crippen LogP contribution in [0.2, 0.25) is 0 Å². The van der Waals surface area contributed by atoms with E-state index < -0.39 is 0 Å². The average Bonchev–Trinajstić information content (AvgIpc) is 2.89. The molecular formula is C15H19BrN4S. The van der Waals surface area contributed by atoms with Gasteiger partial charge in [-0.2, -0.15) is 0 Å². The molecule has 0 aliphatic rings. The Labute approximate surface area is 137 Å². The lowest BCUT2D eigenvalue weighted by Gasteiger charge is -2.19. The largest absolute Gasteiger partial charge is 0.350 e. The molecule has 1 atom stereocenters. The number of aromatic nitrogens is 1. The standard InChI is InChI=1S/C15H19BrN4S/c1-10-8-18-14(21-10)9-19-15(17-3)20-11(2)12-6-4-5-7-13(12)16/h4-8,11H,9H2,1-3H3,(H2,17,19,20). The first-order valence-electron chi connectivity index (χ1n) is 6.73. The van der Waals surface area contributed by atoms with Gasteiger partial charge in [-0.3, -0.25) is 4.99 Å². The highest BCUT2D eigenvalue weighted by Crippen LogP contribution is 2.22. The molecule has 6 heteroatoms. The molecular weight excluding hydrogens is 348 g/mol. The Kier molecular flexibility index (Phi) is 5.76. The molecule has 0 spiro atoms. The van der Waals surface area contributed by atoms with Crippen LogP contribution < -0.4 is 10.6 Å². The minimum absolute atomic E-state index is 0.157. The number of guanidine groups is 1. The Morgan fingerprint density at radius 3 is 2.81 bits per heavy atom. The number of hydrogen-bond acceptors (Lipinski definition) is 3. The van der Waals surface area contributed by atoms with Crippen LogP contribution in [-0.2, 0) is 6.54 Å². The van der Waals surface area contributed by atoms with Crippen molar-refractivity contribution in [1.82, 2.24) is 15.6 Å². The monoisotopic (exact) mass is 366 g/mol. The Balaban J connectivity index is 1.95. The van der Waals surface area contributed by atoms with E-state index in [9.17, 15) is 0 Å². The predicted octanol–water partition coefficient (Wildman–Crippen LogP) is 3.64. The van der Waals surface area contributed by atoms with E-state index in [2.05, 4.69) is 56.5 Å². The van der Waals surface area contributed by atoms with Crippen molar-refractivity contribution < 1.29 is 0 Å². The number of halogens is 1. The second kappa shape index (κ2) is 7.56. The molecule has 2 aromatic rings. The highest BCUT2D eigenvalue weighted by atomic mass is 79.9. The summed E-state index contributed by atoms with van der Waals surface area (Å²) in [7, 11) is 1.77. The fourth-order valence-electron chi connectivity index (χ4n) is 1.95. The summed E-state index contributed by atoms with van der Waals surface area (Å²) in [5.41, 5.74) is 1.20. The number of thiazole rings is 1. The third-order valence-corrected chi connectivity index (χ3v) is 4.66. The fourth-order valence-corrected chi connectivity index (χ4v) is 3.30. The summed E-state index contributed by atoms with van der Waals surface area (Å²) in [6, 6.07) is 8.34. The normalized spacial score (nSPS) is 13.0. The van der Waals surface area contributed by atoms with Gasteiger partial charge in [-0.1, -0.05) is 34.1 Å². The van der Waals surface area contributed by atoms with Crippen LogP contribution in [0.3, 0.4) is 0 Å². The summed E-state index contributed by atoms with van der Waals surface area (Å²) in [5.74, 6) is 0.770. The van der Waals surface area contributed by atoms with Crippen molar-refractivity contribution >= 4 is 33.2 Å². The lowest BCUT2D eigenvalue weighted by molar-refractivity contribution is 0.682. The topological polar surface area (TPSA) is 49.3 Å². The van der Waals surface area contributed by atoms with Crippen molar-refractivity contribution in [2.75, 3.05) is 7.05 Å². The smallest absolute Gasteiger partial charge is 0.191 e. The van der Waals surface area contributed by atoms with Gasteiger partial charge in [0.1, 0.15) is 5.01 Å². The lowest BCUT2D eigenvalue weighted by atomic mass is 10.1. The molecule has 0 radical (unpaired) electrons. The van der Waals surface area contributed by atoms with Crippen molar-refractivity contribution in [3.05, 3.63) is 50.4 Å². The van der Waals surface area contributed by atoms with Crippen LogP contribution in [-0.4, -0.2) is 18.0 Å².